The van der Waals surface area contributed by atoms with Crippen LogP contribution in [0.3, 0.4) is 0 Å². The Kier molecular flexibility index (Phi) is 6.60. The normalized spacial score (nSPS) is 12.0. The Morgan fingerprint density at radius 2 is 2.19 bits per heavy atom. The molecule has 112 valence electrons. The number of aliphatic imine (C=N–C) groups is 1. The van der Waals surface area contributed by atoms with E-state index < -0.39 is 10.8 Å². The molecule has 0 fully saturated rings. The van der Waals surface area contributed by atoms with E-state index in [1.807, 2.05) is 30.5 Å². The van der Waals surface area contributed by atoms with Crippen LogP contribution in [-0.2, 0) is 10.8 Å². The van der Waals surface area contributed by atoms with Crippen molar-refractivity contribution in [3.8, 4) is 5.75 Å². The number of nitrogens with zero attached hydrogens (tertiary/aromatic N) is 1. The van der Waals surface area contributed by atoms with E-state index in [4.69, 9.17) is 4.74 Å². The van der Waals surface area contributed by atoms with Crippen molar-refractivity contribution in [1.82, 2.24) is 4.98 Å². The van der Waals surface area contributed by atoms with E-state index in [1.54, 1.807) is 0 Å². The lowest BCUT2D eigenvalue weighted by Gasteiger charge is -2.07. The molecule has 1 aromatic carbocycles. The Morgan fingerprint density at radius 3 is 3.05 bits per heavy atom. The summed E-state index contributed by atoms with van der Waals surface area (Å²) in [6.45, 7) is 1.14. The Morgan fingerprint density at radius 1 is 1.29 bits per heavy atom. The average Bonchev–Trinajstić information content (AvgIpc) is 2.96. The van der Waals surface area contributed by atoms with Crippen molar-refractivity contribution in [3.05, 3.63) is 30.5 Å². The molecule has 1 atom stereocenters. The van der Waals surface area contributed by atoms with Crippen LogP contribution in [0.25, 0.3) is 10.9 Å². The lowest BCUT2D eigenvalue weighted by Crippen LogP contribution is -2.11. The molecule has 1 unspecified atom stereocenters. The van der Waals surface area contributed by atoms with Gasteiger partial charge in [0.25, 0.3) is 0 Å². The van der Waals surface area contributed by atoms with Crippen molar-refractivity contribution in [1.29, 1.82) is 0 Å². The molecular formula is C15H18N2O2S2. The quantitative estimate of drug-likeness (QED) is 0.438. The third-order valence-corrected chi connectivity index (χ3v) is 4.58. The number of aromatic amines is 1. The third kappa shape index (κ3) is 5.08. The second-order valence-electron chi connectivity index (χ2n) is 4.57. The van der Waals surface area contributed by atoms with Crippen molar-refractivity contribution in [2.45, 2.75) is 12.8 Å². The molecular weight excluding hydrogens is 304 g/mol. The zero-order chi connectivity index (χ0) is 14.9. The molecule has 0 spiro atoms. The van der Waals surface area contributed by atoms with Gasteiger partial charge in [0.1, 0.15) is 5.75 Å². The molecule has 0 aliphatic rings. The highest BCUT2D eigenvalue weighted by atomic mass is 32.2. The van der Waals surface area contributed by atoms with Crippen LogP contribution in [0.5, 0.6) is 5.75 Å². The molecule has 0 bridgehead atoms. The number of aromatic nitrogens is 1. The molecule has 1 N–H and O–H groups in total. The third-order valence-electron chi connectivity index (χ3n) is 3.08. The fraction of sp³-hybridized carbons (Fsp3) is 0.400. The van der Waals surface area contributed by atoms with Crippen molar-refractivity contribution in [2.24, 2.45) is 4.99 Å². The number of thiocarbonyl (C=S) groups is 1. The molecule has 1 heterocycles. The number of hydrogen-bond donors (Lipinski definition) is 1. The van der Waals surface area contributed by atoms with Crippen LogP contribution in [-0.4, -0.2) is 39.0 Å². The van der Waals surface area contributed by atoms with Crippen molar-refractivity contribution < 1.29 is 8.95 Å². The van der Waals surface area contributed by atoms with E-state index in [1.165, 1.54) is 0 Å². The summed E-state index contributed by atoms with van der Waals surface area (Å²) in [5.74, 6) is 2.07. The summed E-state index contributed by atoms with van der Waals surface area (Å²) in [6.07, 6.45) is 3.68. The van der Waals surface area contributed by atoms with E-state index in [2.05, 4.69) is 27.4 Å². The van der Waals surface area contributed by atoms with Crippen molar-refractivity contribution >= 4 is 39.1 Å². The molecule has 2 rings (SSSR count). The fourth-order valence-electron chi connectivity index (χ4n) is 2.03. The van der Waals surface area contributed by atoms with Gasteiger partial charge in [0.2, 0.25) is 0 Å². The summed E-state index contributed by atoms with van der Waals surface area (Å²) >= 11 is 4.49. The minimum absolute atomic E-state index is 0.467. The molecule has 1 aromatic heterocycles. The maximum Gasteiger partial charge on any atom is 0.128 e. The van der Waals surface area contributed by atoms with E-state index in [0.29, 0.717) is 24.7 Å². The maximum atomic E-state index is 11.8. The second-order valence-corrected chi connectivity index (χ2v) is 6.45. The van der Waals surface area contributed by atoms with Crippen LogP contribution >= 0.6 is 12.2 Å². The zero-order valence-electron chi connectivity index (χ0n) is 11.7. The van der Waals surface area contributed by atoms with Gasteiger partial charge in [0, 0.05) is 40.2 Å². The van der Waals surface area contributed by atoms with Gasteiger partial charge in [0.15, 0.2) is 0 Å². The van der Waals surface area contributed by atoms with Crippen LogP contribution in [0.4, 0.5) is 0 Å². The molecule has 0 saturated heterocycles. The largest absolute Gasteiger partial charge is 0.492 e. The number of rotatable bonds is 9. The summed E-state index contributed by atoms with van der Waals surface area (Å²) < 4.78 is 17.6. The molecule has 0 aliphatic carbocycles. The number of hydrogen-bond acceptors (Lipinski definition) is 4. The number of nitrogens with one attached hydrogen (secondary N) is 1. The van der Waals surface area contributed by atoms with Crippen molar-refractivity contribution in [2.75, 3.05) is 24.7 Å². The maximum absolute atomic E-state index is 11.8. The van der Waals surface area contributed by atoms with Crippen LogP contribution in [0.2, 0.25) is 0 Å². The van der Waals surface area contributed by atoms with Gasteiger partial charge in [-0.15, -0.1) is 0 Å². The lowest BCUT2D eigenvalue weighted by molar-refractivity contribution is 0.347. The number of H-pyrrole nitrogens is 1. The molecule has 0 aliphatic heterocycles. The molecule has 0 radical (unpaired) electrons. The monoisotopic (exact) mass is 322 g/mol. The molecule has 0 saturated carbocycles. The summed E-state index contributed by atoms with van der Waals surface area (Å²) in [5.41, 5.74) is 1.05. The predicted octanol–water partition coefficient (Wildman–Crippen LogP) is 3.18. The highest BCUT2D eigenvalue weighted by Crippen LogP contribution is 2.24. The number of unbranched alkanes of at least 4 members (excludes halogenated alkanes) is 1. The van der Waals surface area contributed by atoms with Gasteiger partial charge >= 0.3 is 0 Å². The van der Waals surface area contributed by atoms with Gasteiger partial charge in [-0.3, -0.25) is 4.21 Å². The van der Waals surface area contributed by atoms with E-state index >= 15 is 0 Å². The first kappa shape index (κ1) is 15.9. The van der Waals surface area contributed by atoms with Gasteiger partial charge in [-0.25, -0.2) is 4.99 Å². The van der Waals surface area contributed by atoms with Crippen LogP contribution in [0.15, 0.2) is 35.5 Å². The van der Waals surface area contributed by atoms with Crippen LogP contribution in [0.1, 0.15) is 12.8 Å². The van der Waals surface area contributed by atoms with Crippen LogP contribution < -0.4 is 4.74 Å². The topological polar surface area (TPSA) is 54.4 Å². The Bertz CT molecular complexity index is 648. The lowest BCUT2D eigenvalue weighted by atomic mass is 10.2. The fourth-order valence-corrected chi connectivity index (χ4v) is 3.12. The summed E-state index contributed by atoms with van der Waals surface area (Å²) in [7, 11) is -0.844. The Balaban J connectivity index is 1.70. The van der Waals surface area contributed by atoms with Crippen LogP contribution in [0, 0.1) is 0 Å². The molecule has 2 aromatic rings. The minimum atomic E-state index is -0.844. The Labute approximate surface area is 132 Å². The predicted molar refractivity (Wildman–Crippen MR) is 90.8 cm³/mol. The number of isothiocyanates is 1. The van der Waals surface area contributed by atoms with Gasteiger partial charge in [-0.1, -0.05) is 6.07 Å². The molecule has 0 amide bonds. The minimum Gasteiger partial charge on any atom is -0.492 e. The molecule has 4 nitrogen and oxygen atoms in total. The van der Waals surface area contributed by atoms with Gasteiger partial charge < -0.3 is 9.72 Å². The molecule has 6 heteroatoms. The summed E-state index contributed by atoms with van der Waals surface area (Å²) in [5, 5.41) is 3.39. The van der Waals surface area contributed by atoms with Crippen molar-refractivity contribution in [3.63, 3.8) is 0 Å². The highest BCUT2D eigenvalue weighted by molar-refractivity contribution is 7.84. The number of benzene rings is 1. The first-order chi connectivity index (χ1) is 10.3. The average molecular weight is 322 g/mol. The first-order valence-electron chi connectivity index (χ1n) is 6.89. The van der Waals surface area contributed by atoms with Gasteiger partial charge in [-0.05, 0) is 43.3 Å². The number of fused-ring (bicyclic) bond motifs is 1. The molecule has 21 heavy (non-hydrogen) atoms. The van der Waals surface area contributed by atoms with E-state index in [9.17, 15) is 4.21 Å². The Hall–Kier alpha value is -1.49. The van der Waals surface area contributed by atoms with Gasteiger partial charge in [-0.2, -0.15) is 0 Å². The zero-order valence-corrected chi connectivity index (χ0v) is 13.3. The highest BCUT2D eigenvalue weighted by Gasteiger charge is 2.04. The second kappa shape index (κ2) is 8.72. The van der Waals surface area contributed by atoms with E-state index in [0.717, 1.165) is 29.5 Å². The smallest absolute Gasteiger partial charge is 0.128 e. The standard InChI is InChI=1S/C15H18N2O2S2/c18-21(10-2-1-7-16-12-20)11-9-19-15-5-3-4-14-13(15)6-8-17-14/h3-6,8,17H,1-2,7,9-11H2. The van der Waals surface area contributed by atoms with E-state index in [-0.39, 0.29) is 0 Å². The summed E-state index contributed by atoms with van der Waals surface area (Å²) in [6, 6.07) is 7.87. The summed E-state index contributed by atoms with van der Waals surface area (Å²) in [4.78, 5) is 6.97. The SMILES string of the molecule is O=S(CCCCN=C=S)CCOc1cccc2[nH]ccc12. The first-order valence-corrected chi connectivity index (χ1v) is 8.78. The van der Waals surface area contributed by atoms with Gasteiger partial charge in [0.05, 0.1) is 17.5 Å². The number of ether oxygens (including phenoxy) is 1.